The van der Waals surface area contributed by atoms with Gasteiger partial charge in [0.15, 0.2) is 19.0 Å². The van der Waals surface area contributed by atoms with Gasteiger partial charge >= 0.3 is 5.97 Å². The summed E-state index contributed by atoms with van der Waals surface area (Å²) in [5, 5.41) is 8.71. The zero-order valence-electron chi connectivity index (χ0n) is 14.2. The van der Waals surface area contributed by atoms with E-state index in [4.69, 9.17) is 14.7 Å². The molecule has 0 aromatic heterocycles. The van der Waals surface area contributed by atoms with Crippen LogP contribution in [0.2, 0.25) is 0 Å². The molecule has 0 radical (unpaired) electrons. The lowest BCUT2D eigenvalue weighted by atomic mass is 10.0. The monoisotopic (exact) mass is 337 g/mol. The molecule has 0 atom stereocenters. The van der Waals surface area contributed by atoms with Crippen LogP contribution in [0.15, 0.2) is 48.5 Å². The minimum Gasteiger partial charge on any atom is -0.482 e. The maximum absolute atomic E-state index is 12.0. The van der Waals surface area contributed by atoms with Crippen LogP contribution in [0, 0.1) is 11.3 Å². The minimum atomic E-state index is -0.628. The SMILES string of the molecule is CC(C)c1ccc(C(=O)COC(=O)COc2ccc(C#N)cc2)cc1. The molecule has 5 nitrogen and oxygen atoms in total. The Bertz CT molecular complexity index is 771. The van der Waals surface area contributed by atoms with Crippen LogP contribution >= 0.6 is 0 Å². The molecule has 5 heteroatoms. The standard InChI is InChI=1S/C20H19NO4/c1-14(2)16-5-7-17(8-6-16)19(22)12-25-20(23)13-24-18-9-3-15(11-21)4-10-18/h3-10,14H,12-13H2,1-2H3. The van der Waals surface area contributed by atoms with Crippen molar-refractivity contribution < 1.29 is 19.1 Å². The number of nitrogens with zero attached hydrogens (tertiary/aromatic N) is 1. The van der Waals surface area contributed by atoms with E-state index >= 15 is 0 Å². The molecule has 0 aliphatic rings. The quantitative estimate of drug-likeness (QED) is 0.571. The van der Waals surface area contributed by atoms with Gasteiger partial charge in [0.1, 0.15) is 5.75 Å². The van der Waals surface area contributed by atoms with Gasteiger partial charge in [0, 0.05) is 5.56 Å². The largest absolute Gasteiger partial charge is 0.482 e. The number of Topliss-reactive ketones (excluding diaryl/α,β-unsaturated/α-hetero) is 1. The van der Waals surface area contributed by atoms with Gasteiger partial charge in [0.2, 0.25) is 0 Å². The second-order valence-corrected chi connectivity index (χ2v) is 5.79. The van der Waals surface area contributed by atoms with Gasteiger partial charge in [-0.15, -0.1) is 0 Å². The highest BCUT2D eigenvalue weighted by Crippen LogP contribution is 2.15. The average molecular weight is 337 g/mol. The van der Waals surface area contributed by atoms with Gasteiger partial charge in [-0.1, -0.05) is 38.1 Å². The number of ketones is 1. The summed E-state index contributed by atoms with van der Waals surface area (Å²) in [5.41, 5.74) is 2.15. The van der Waals surface area contributed by atoms with Gasteiger partial charge in [-0.05, 0) is 35.7 Å². The zero-order chi connectivity index (χ0) is 18.2. The number of carbonyl (C=O) groups excluding carboxylic acids is 2. The number of benzene rings is 2. The molecule has 0 saturated heterocycles. The predicted octanol–water partition coefficient (Wildman–Crippen LogP) is 3.49. The first kappa shape index (κ1) is 18.2. The first-order valence-corrected chi connectivity index (χ1v) is 7.91. The first-order chi connectivity index (χ1) is 12.0. The number of nitriles is 1. The minimum absolute atomic E-state index is 0.262. The second kappa shape index (κ2) is 8.65. The van der Waals surface area contributed by atoms with Crippen molar-refractivity contribution in [1.82, 2.24) is 0 Å². The fraction of sp³-hybridized carbons (Fsp3) is 0.250. The molecule has 2 aromatic rings. The normalized spacial score (nSPS) is 10.2. The van der Waals surface area contributed by atoms with E-state index in [9.17, 15) is 9.59 Å². The molecule has 0 aliphatic heterocycles. The Kier molecular flexibility index (Phi) is 6.30. The molecule has 0 N–H and O–H groups in total. The summed E-state index contributed by atoms with van der Waals surface area (Å²) in [6.45, 7) is 3.53. The summed E-state index contributed by atoms with van der Waals surface area (Å²) in [4.78, 5) is 23.7. The molecule has 0 aliphatic carbocycles. The van der Waals surface area contributed by atoms with Crippen LogP contribution in [-0.4, -0.2) is 25.0 Å². The fourth-order valence-electron chi connectivity index (χ4n) is 2.09. The van der Waals surface area contributed by atoms with Crippen LogP contribution < -0.4 is 4.74 Å². The molecule has 0 unspecified atom stereocenters. The van der Waals surface area contributed by atoms with Gasteiger partial charge in [-0.3, -0.25) is 4.79 Å². The Morgan fingerprint density at radius 2 is 1.64 bits per heavy atom. The van der Waals surface area contributed by atoms with Crippen molar-refractivity contribution in [2.24, 2.45) is 0 Å². The van der Waals surface area contributed by atoms with Gasteiger partial charge in [-0.2, -0.15) is 5.26 Å². The van der Waals surface area contributed by atoms with Crippen molar-refractivity contribution in [2.75, 3.05) is 13.2 Å². The summed E-state index contributed by atoms with van der Waals surface area (Å²) in [6.07, 6.45) is 0. The van der Waals surface area contributed by atoms with E-state index in [0.717, 1.165) is 5.56 Å². The van der Waals surface area contributed by atoms with Gasteiger partial charge < -0.3 is 9.47 Å². The number of carbonyl (C=O) groups is 2. The Morgan fingerprint density at radius 3 is 2.20 bits per heavy atom. The Balaban J connectivity index is 1.78. The van der Waals surface area contributed by atoms with Gasteiger partial charge in [0.25, 0.3) is 0 Å². The Morgan fingerprint density at radius 1 is 1.00 bits per heavy atom. The first-order valence-electron chi connectivity index (χ1n) is 7.91. The predicted molar refractivity (Wildman–Crippen MR) is 92.5 cm³/mol. The van der Waals surface area contributed by atoms with Crippen LogP contribution in [-0.2, 0) is 9.53 Å². The second-order valence-electron chi connectivity index (χ2n) is 5.79. The maximum Gasteiger partial charge on any atom is 0.344 e. The van der Waals surface area contributed by atoms with E-state index in [-0.39, 0.29) is 19.0 Å². The van der Waals surface area contributed by atoms with Crippen molar-refractivity contribution >= 4 is 11.8 Å². The van der Waals surface area contributed by atoms with Crippen molar-refractivity contribution in [3.63, 3.8) is 0 Å². The molecule has 2 aromatic carbocycles. The third-order valence-corrected chi connectivity index (χ3v) is 3.60. The average Bonchev–Trinajstić information content (AvgIpc) is 2.64. The fourth-order valence-corrected chi connectivity index (χ4v) is 2.09. The third-order valence-electron chi connectivity index (χ3n) is 3.60. The van der Waals surface area contributed by atoms with E-state index in [1.165, 1.54) is 0 Å². The van der Waals surface area contributed by atoms with Crippen molar-refractivity contribution in [2.45, 2.75) is 19.8 Å². The number of hydrogen-bond acceptors (Lipinski definition) is 5. The summed E-state index contributed by atoms with van der Waals surface area (Å²) in [7, 11) is 0. The van der Waals surface area contributed by atoms with Gasteiger partial charge in [0.05, 0.1) is 11.6 Å². The van der Waals surface area contributed by atoms with Crippen molar-refractivity contribution in [3.8, 4) is 11.8 Å². The van der Waals surface area contributed by atoms with E-state index in [0.29, 0.717) is 22.8 Å². The molecular formula is C20H19NO4. The summed E-state index contributed by atoms with van der Waals surface area (Å²) < 4.78 is 10.2. The zero-order valence-corrected chi connectivity index (χ0v) is 14.2. The van der Waals surface area contributed by atoms with Crippen LogP contribution in [0.4, 0.5) is 0 Å². The van der Waals surface area contributed by atoms with E-state index in [2.05, 4.69) is 13.8 Å². The van der Waals surface area contributed by atoms with E-state index in [1.54, 1.807) is 36.4 Å². The van der Waals surface area contributed by atoms with Crippen LogP contribution in [0.25, 0.3) is 0 Å². The Labute approximate surface area is 146 Å². The lowest BCUT2D eigenvalue weighted by Gasteiger charge is -2.08. The highest BCUT2D eigenvalue weighted by molar-refractivity contribution is 5.98. The molecule has 0 heterocycles. The smallest absolute Gasteiger partial charge is 0.344 e. The van der Waals surface area contributed by atoms with Crippen molar-refractivity contribution in [3.05, 3.63) is 65.2 Å². The molecule has 0 fully saturated rings. The molecule has 25 heavy (non-hydrogen) atoms. The number of rotatable bonds is 7. The molecule has 0 bridgehead atoms. The topological polar surface area (TPSA) is 76.4 Å². The maximum atomic E-state index is 12.0. The molecule has 0 saturated carbocycles. The highest BCUT2D eigenvalue weighted by Gasteiger charge is 2.11. The third kappa shape index (κ3) is 5.47. The van der Waals surface area contributed by atoms with Gasteiger partial charge in [-0.25, -0.2) is 4.79 Å². The summed E-state index contributed by atoms with van der Waals surface area (Å²) >= 11 is 0. The molecular weight excluding hydrogens is 318 g/mol. The van der Waals surface area contributed by atoms with Crippen LogP contribution in [0.3, 0.4) is 0 Å². The molecule has 128 valence electrons. The summed E-state index contributed by atoms with van der Waals surface area (Å²) in [5.74, 6) is -0.0496. The molecule has 0 spiro atoms. The van der Waals surface area contributed by atoms with E-state index < -0.39 is 5.97 Å². The lowest BCUT2D eigenvalue weighted by molar-refractivity contribution is -0.144. The number of esters is 1. The van der Waals surface area contributed by atoms with Crippen molar-refractivity contribution in [1.29, 1.82) is 5.26 Å². The van der Waals surface area contributed by atoms with Crippen LogP contribution in [0.5, 0.6) is 5.75 Å². The summed E-state index contributed by atoms with van der Waals surface area (Å²) in [6, 6.07) is 15.6. The van der Waals surface area contributed by atoms with E-state index in [1.807, 2.05) is 18.2 Å². The number of ether oxygens (including phenoxy) is 2. The van der Waals surface area contributed by atoms with Crippen LogP contribution in [0.1, 0.15) is 41.3 Å². The lowest BCUT2D eigenvalue weighted by Crippen LogP contribution is -2.19. The molecule has 0 amide bonds. The Hall–Kier alpha value is -3.13. The molecule has 2 rings (SSSR count). The number of hydrogen-bond donors (Lipinski definition) is 0. The highest BCUT2D eigenvalue weighted by atomic mass is 16.6.